The number of benzene rings is 7. The van der Waals surface area contributed by atoms with Gasteiger partial charge in [0.2, 0.25) is 0 Å². The smallest absolute Gasteiger partial charge is 0.137 e. The van der Waals surface area contributed by atoms with E-state index >= 15 is 0 Å². The van der Waals surface area contributed by atoms with Crippen molar-refractivity contribution in [3.63, 3.8) is 0 Å². The summed E-state index contributed by atoms with van der Waals surface area (Å²) in [7, 11) is 0. The van der Waals surface area contributed by atoms with Gasteiger partial charge in [-0.05, 0) is 110 Å². The van der Waals surface area contributed by atoms with Crippen molar-refractivity contribution in [1.29, 1.82) is 0 Å². The number of nitrogens with zero attached hydrogens (tertiary/aromatic N) is 3. The van der Waals surface area contributed by atoms with Gasteiger partial charge in [0.05, 0.1) is 5.69 Å². The van der Waals surface area contributed by atoms with Gasteiger partial charge in [-0.15, -0.1) is 0 Å². The van der Waals surface area contributed by atoms with Gasteiger partial charge in [-0.3, -0.25) is 0 Å². The molecule has 0 fully saturated rings. The Morgan fingerprint density at radius 1 is 0.391 bits per heavy atom. The highest BCUT2D eigenvalue weighted by Gasteiger charge is 2.15. The van der Waals surface area contributed by atoms with Crippen LogP contribution in [0.5, 0.6) is 0 Å². The predicted molar refractivity (Wildman–Crippen MR) is 193 cm³/mol. The van der Waals surface area contributed by atoms with E-state index < -0.39 is 0 Å². The summed E-state index contributed by atoms with van der Waals surface area (Å²) in [6.45, 7) is 0. The van der Waals surface area contributed by atoms with Crippen LogP contribution in [0.2, 0.25) is 0 Å². The lowest BCUT2D eigenvalue weighted by molar-refractivity contribution is 1.19. The van der Waals surface area contributed by atoms with Crippen LogP contribution >= 0.6 is 0 Å². The molecule has 0 saturated carbocycles. The Morgan fingerprint density at radius 3 is 1.65 bits per heavy atom. The van der Waals surface area contributed by atoms with Gasteiger partial charge in [-0.25, -0.2) is 4.98 Å². The molecule has 0 aliphatic heterocycles. The maximum absolute atomic E-state index is 4.83. The van der Waals surface area contributed by atoms with Crippen LogP contribution in [-0.2, 0) is 0 Å². The molecule has 0 spiro atoms. The van der Waals surface area contributed by atoms with Crippen molar-refractivity contribution in [2.45, 2.75) is 0 Å². The first-order valence-corrected chi connectivity index (χ1v) is 15.6. The Morgan fingerprint density at radius 2 is 0.935 bits per heavy atom. The number of hydrogen-bond acceptors (Lipinski definition) is 2. The second-order valence-electron chi connectivity index (χ2n) is 11.8. The monoisotopic (exact) mass is 587 g/mol. The van der Waals surface area contributed by atoms with Crippen molar-refractivity contribution >= 4 is 55.0 Å². The largest absolute Gasteiger partial charge is 0.310 e. The zero-order chi connectivity index (χ0) is 30.5. The summed E-state index contributed by atoms with van der Waals surface area (Å²) >= 11 is 0. The second-order valence-corrected chi connectivity index (χ2v) is 11.8. The first kappa shape index (κ1) is 26.2. The van der Waals surface area contributed by atoms with Crippen molar-refractivity contribution in [2.24, 2.45) is 0 Å². The third-order valence-electron chi connectivity index (χ3n) is 8.94. The van der Waals surface area contributed by atoms with E-state index in [-0.39, 0.29) is 0 Å². The molecular formula is C43H29N3. The molecular weight excluding hydrogens is 558 g/mol. The van der Waals surface area contributed by atoms with Gasteiger partial charge in [0, 0.05) is 35.0 Å². The minimum Gasteiger partial charge on any atom is -0.310 e. The molecule has 216 valence electrons. The number of imidazole rings is 1. The van der Waals surface area contributed by atoms with E-state index in [1.807, 2.05) is 24.4 Å². The molecule has 0 aliphatic carbocycles. The summed E-state index contributed by atoms with van der Waals surface area (Å²) < 4.78 is 2.06. The van der Waals surface area contributed by atoms with E-state index in [2.05, 4.69) is 161 Å². The average molecular weight is 588 g/mol. The van der Waals surface area contributed by atoms with Crippen LogP contribution in [-0.4, -0.2) is 9.38 Å². The number of hydrogen-bond donors (Lipinski definition) is 0. The van der Waals surface area contributed by atoms with E-state index in [4.69, 9.17) is 4.98 Å². The summed E-state index contributed by atoms with van der Waals surface area (Å²) in [5.74, 6) is 0. The van der Waals surface area contributed by atoms with E-state index in [1.165, 1.54) is 43.4 Å². The van der Waals surface area contributed by atoms with Crippen LogP contribution in [0.15, 0.2) is 176 Å². The average Bonchev–Trinajstić information content (AvgIpc) is 3.56. The molecule has 7 aromatic carbocycles. The molecule has 0 radical (unpaired) electrons. The molecule has 0 atom stereocenters. The predicted octanol–water partition coefficient (Wildman–Crippen LogP) is 11.6. The van der Waals surface area contributed by atoms with Crippen LogP contribution < -0.4 is 4.90 Å². The fourth-order valence-corrected chi connectivity index (χ4v) is 6.54. The van der Waals surface area contributed by atoms with Gasteiger partial charge < -0.3 is 9.30 Å². The Hall–Kier alpha value is -6.19. The number of pyridine rings is 1. The Balaban J connectivity index is 1.10. The van der Waals surface area contributed by atoms with E-state index in [0.29, 0.717) is 0 Å². The van der Waals surface area contributed by atoms with Crippen LogP contribution in [0, 0.1) is 0 Å². The Labute approximate surface area is 267 Å². The summed E-state index contributed by atoms with van der Waals surface area (Å²) in [5, 5.41) is 7.49. The number of aromatic nitrogens is 2. The number of rotatable bonds is 5. The third kappa shape index (κ3) is 4.66. The lowest BCUT2D eigenvalue weighted by atomic mass is 9.98. The topological polar surface area (TPSA) is 20.5 Å². The quantitative estimate of drug-likeness (QED) is 0.187. The molecule has 0 saturated heterocycles. The van der Waals surface area contributed by atoms with Gasteiger partial charge in [-0.1, -0.05) is 97.1 Å². The van der Waals surface area contributed by atoms with E-state index in [0.717, 1.165) is 34.0 Å². The fraction of sp³-hybridized carbons (Fsp3) is 0. The van der Waals surface area contributed by atoms with Crippen LogP contribution in [0.25, 0.3) is 60.3 Å². The minimum absolute atomic E-state index is 0.944. The first-order valence-electron chi connectivity index (χ1n) is 15.6. The van der Waals surface area contributed by atoms with Crippen molar-refractivity contribution in [3.05, 3.63) is 176 Å². The van der Waals surface area contributed by atoms with Crippen molar-refractivity contribution in [1.82, 2.24) is 9.38 Å². The lowest BCUT2D eigenvalue weighted by Crippen LogP contribution is -2.09. The van der Waals surface area contributed by atoms with Gasteiger partial charge in [0.1, 0.15) is 5.65 Å². The number of fused-ring (bicyclic) bond motifs is 4. The van der Waals surface area contributed by atoms with Crippen molar-refractivity contribution in [2.75, 3.05) is 4.90 Å². The summed E-state index contributed by atoms with van der Waals surface area (Å²) in [5.41, 5.74) is 8.71. The molecule has 46 heavy (non-hydrogen) atoms. The molecule has 0 N–H and O–H groups in total. The lowest BCUT2D eigenvalue weighted by Gasteiger charge is -2.26. The van der Waals surface area contributed by atoms with Crippen LogP contribution in [0.3, 0.4) is 0 Å². The zero-order valence-corrected chi connectivity index (χ0v) is 25.1. The standard InChI is InChI=1S/C43H29N3/c1-2-10-35-28-41(23-16-30(35)7-1)46(40-21-17-32(18-22-40)42-29-45-24-6-5-11-43(45)44-42)39-19-14-31(15-20-39)36-12-13-37-25-33-8-3-4-9-34(33)26-38(37)27-36/h1-29H. The molecule has 0 bridgehead atoms. The second kappa shape index (κ2) is 10.8. The van der Waals surface area contributed by atoms with Gasteiger partial charge in [0.25, 0.3) is 0 Å². The highest BCUT2D eigenvalue weighted by Crippen LogP contribution is 2.38. The van der Waals surface area contributed by atoms with Crippen molar-refractivity contribution < 1.29 is 0 Å². The maximum atomic E-state index is 4.83. The molecule has 0 unspecified atom stereocenters. The molecule has 0 aliphatic rings. The highest BCUT2D eigenvalue weighted by molar-refractivity contribution is 6.00. The minimum atomic E-state index is 0.944. The summed E-state index contributed by atoms with van der Waals surface area (Å²) in [6, 6.07) is 58.8. The molecule has 3 nitrogen and oxygen atoms in total. The molecule has 9 aromatic rings. The molecule has 3 heteroatoms. The molecule has 2 heterocycles. The normalized spacial score (nSPS) is 11.5. The molecule has 2 aromatic heterocycles. The SMILES string of the molecule is c1ccc2cc(N(c3ccc(-c4ccc5cc6ccccc6cc5c4)cc3)c3ccc(-c4cn5ccccc5n4)cc3)ccc2c1. The zero-order valence-electron chi connectivity index (χ0n) is 25.1. The summed E-state index contributed by atoms with van der Waals surface area (Å²) in [4.78, 5) is 7.16. The van der Waals surface area contributed by atoms with Gasteiger partial charge >= 0.3 is 0 Å². The van der Waals surface area contributed by atoms with Gasteiger partial charge in [-0.2, -0.15) is 0 Å². The van der Waals surface area contributed by atoms with Gasteiger partial charge in [0.15, 0.2) is 0 Å². The highest BCUT2D eigenvalue weighted by atomic mass is 15.1. The van der Waals surface area contributed by atoms with E-state index in [1.54, 1.807) is 0 Å². The maximum Gasteiger partial charge on any atom is 0.137 e. The van der Waals surface area contributed by atoms with Crippen molar-refractivity contribution in [3.8, 4) is 22.4 Å². The third-order valence-corrected chi connectivity index (χ3v) is 8.94. The van der Waals surface area contributed by atoms with Crippen LogP contribution in [0.1, 0.15) is 0 Å². The van der Waals surface area contributed by atoms with E-state index in [9.17, 15) is 0 Å². The fourth-order valence-electron chi connectivity index (χ4n) is 6.54. The number of anilines is 3. The summed E-state index contributed by atoms with van der Waals surface area (Å²) in [6.07, 6.45) is 4.12. The van der Waals surface area contributed by atoms with Crippen LogP contribution in [0.4, 0.5) is 17.1 Å². The molecule has 9 rings (SSSR count). The first-order chi connectivity index (χ1) is 22.7. The Bertz CT molecular complexity index is 2490. The molecule has 0 amide bonds. The Kier molecular flexibility index (Phi) is 6.14.